The maximum Gasteiger partial charge on any atom is 0.327 e. The molecule has 0 spiro atoms. The predicted octanol–water partition coefficient (Wildman–Crippen LogP) is 3.15. The van der Waals surface area contributed by atoms with Crippen molar-refractivity contribution < 1.29 is 9.53 Å². The molecule has 0 fully saturated rings. The molecule has 0 atom stereocenters. The van der Waals surface area contributed by atoms with Crippen molar-refractivity contribution in [3.63, 3.8) is 0 Å². The summed E-state index contributed by atoms with van der Waals surface area (Å²) in [7, 11) is 0. The summed E-state index contributed by atoms with van der Waals surface area (Å²) in [6.45, 7) is 1.81. The second kappa shape index (κ2) is 7.69. The first-order valence-corrected chi connectivity index (χ1v) is 9.59. The number of nitrogens with zero attached hydrogens (tertiary/aromatic N) is 4. The van der Waals surface area contributed by atoms with Gasteiger partial charge in [-0.2, -0.15) is 0 Å². The van der Waals surface area contributed by atoms with Gasteiger partial charge in [-0.05, 0) is 25.3 Å². The van der Waals surface area contributed by atoms with Crippen molar-refractivity contribution in [1.82, 2.24) is 19.2 Å². The van der Waals surface area contributed by atoms with Crippen molar-refractivity contribution in [2.75, 3.05) is 12.9 Å². The average molecular weight is 413 g/mol. The van der Waals surface area contributed by atoms with Gasteiger partial charge in [-0.15, -0.1) is 5.10 Å². The van der Waals surface area contributed by atoms with Crippen LogP contribution in [0.1, 0.15) is 6.92 Å². The molecule has 0 amide bonds. The van der Waals surface area contributed by atoms with Crippen LogP contribution in [0.3, 0.4) is 0 Å². The molecule has 0 aliphatic carbocycles. The molecular formula is C16H14Cl2N4O3S. The number of hydrogen-bond acceptors (Lipinski definition) is 6. The molecular weight excluding hydrogens is 399 g/mol. The van der Waals surface area contributed by atoms with Crippen LogP contribution in [0.5, 0.6) is 0 Å². The van der Waals surface area contributed by atoms with E-state index in [9.17, 15) is 9.59 Å². The molecule has 0 bridgehead atoms. The molecule has 0 saturated heterocycles. The number of hydrogen-bond donors (Lipinski definition) is 0. The quantitative estimate of drug-likeness (QED) is 0.473. The SMILES string of the molecule is CCOC(=O)Cn1nc(SC)n2c(=O)c(Cl)c(-c3ccc(Cl)cc3)nc12. The van der Waals surface area contributed by atoms with Crippen molar-refractivity contribution in [3.05, 3.63) is 44.7 Å². The van der Waals surface area contributed by atoms with E-state index >= 15 is 0 Å². The van der Waals surface area contributed by atoms with E-state index in [0.29, 0.717) is 21.4 Å². The van der Waals surface area contributed by atoms with Gasteiger partial charge in [-0.1, -0.05) is 47.1 Å². The van der Waals surface area contributed by atoms with E-state index in [4.69, 9.17) is 27.9 Å². The van der Waals surface area contributed by atoms with Gasteiger partial charge < -0.3 is 4.74 Å². The van der Waals surface area contributed by atoms with E-state index < -0.39 is 11.5 Å². The molecule has 2 aromatic heterocycles. The van der Waals surface area contributed by atoms with Gasteiger partial charge in [0.1, 0.15) is 11.6 Å². The molecule has 0 aliphatic heterocycles. The van der Waals surface area contributed by atoms with Gasteiger partial charge in [0.15, 0.2) is 5.16 Å². The average Bonchev–Trinajstić information content (AvgIpc) is 2.96. The summed E-state index contributed by atoms with van der Waals surface area (Å²) in [4.78, 5) is 29.1. The highest BCUT2D eigenvalue weighted by Gasteiger charge is 2.21. The van der Waals surface area contributed by atoms with E-state index in [1.54, 1.807) is 37.4 Å². The number of rotatable bonds is 5. The lowest BCUT2D eigenvalue weighted by Gasteiger charge is -2.06. The summed E-state index contributed by atoms with van der Waals surface area (Å²) in [6, 6.07) is 6.79. The van der Waals surface area contributed by atoms with Crippen LogP contribution in [0.15, 0.2) is 34.2 Å². The Kier molecular flexibility index (Phi) is 5.55. The normalized spacial score (nSPS) is 11.1. The van der Waals surface area contributed by atoms with Crippen LogP contribution < -0.4 is 5.56 Å². The smallest absolute Gasteiger partial charge is 0.327 e. The molecule has 0 saturated carbocycles. The summed E-state index contributed by atoms with van der Waals surface area (Å²) in [5, 5.41) is 5.18. The number of halogens is 2. The van der Waals surface area contributed by atoms with Crippen LogP contribution >= 0.6 is 35.0 Å². The van der Waals surface area contributed by atoms with E-state index in [2.05, 4.69) is 10.1 Å². The van der Waals surface area contributed by atoms with Crippen molar-refractivity contribution in [1.29, 1.82) is 0 Å². The summed E-state index contributed by atoms with van der Waals surface area (Å²) in [6.07, 6.45) is 1.77. The van der Waals surface area contributed by atoms with Gasteiger partial charge in [0.25, 0.3) is 5.56 Å². The van der Waals surface area contributed by atoms with Gasteiger partial charge in [-0.25, -0.2) is 14.1 Å². The molecule has 0 aliphatic rings. The van der Waals surface area contributed by atoms with E-state index in [-0.39, 0.29) is 24.0 Å². The number of ether oxygens (including phenoxy) is 1. The first-order chi connectivity index (χ1) is 12.5. The van der Waals surface area contributed by atoms with Crippen LogP contribution in [0, 0.1) is 0 Å². The summed E-state index contributed by atoms with van der Waals surface area (Å²) < 4.78 is 7.57. The lowest BCUT2D eigenvalue weighted by Crippen LogP contribution is -2.19. The largest absolute Gasteiger partial charge is 0.465 e. The fourth-order valence-electron chi connectivity index (χ4n) is 2.39. The zero-order valence-corrected chi connectivity index (χ0v) is 16.2. The summed E-state index contributed by atoms with van der Waals surface area (Å²) in [5.74, 6) is -0.260. The summed E-state index contributed by atoms with van der Waals surface area (Å²) in [5.41, 5.74) is 0.473. The molecule has 0 unspecified atom stereocenters. The molecule has 3 rings (SSSR count). The van der Waals surface area contributed by atoms with Crippen LogP contribution in [-0.2, 0) is 16.1 Å². The molecule has 10 heteroatoms. The number of thioether (sulfide) groups is 1. The van der Waals surface area contributed by atoms with Crippen molar-refractivity contribution in [3.8, 4) is 11.3 Å². The molecule has 7 nitrogen and oxygen atoms in total. The Bertz CT molecular complexity index is 1030. The minimum Gasteiger partial charge on any atom is -0.465 e. The van der Waals surface area contributed by atoms with Crippen LogP contribution in [0.4, 0.5) is 0 Å². The fourth-order valence-corrected chi connectivity index (χ4v) is 3.28. The molecule has 3 aromatic rings. The molecule has 1 aromatic carbocycles. The van der Waals surface area contributed by atoms with Gasteiger partial charge in [0, 0.05) is 10.6 Å². The maximum absolute atomic E-state index is 12.8. The number of fused-ring (bicyclic) bond motifs is 1. The Morgan fingerprint density at radius 1 is 1.27 bits per heavy atom. The molecule has 136 valence electrons. The minimum absolute atomic E-state index is 0.0317. The van der Waals surface area contributed by atoms with Crippen molar-refractivity contribution >= 4 is 46.7 Å². The van der Waals surface area contributed by atoms with Gasteiger partial charge in [0.2, 0.25) is 5.78 Å². The second-order valence-corrected chi connectivity index (χ2v) is 6.76. The lowest BCUT2D eigenvalue weighted by atomic mass is 10.1. The standard InChI is InChI=1S/C16H14Cl2N4O3S/c1-3-25-11(23)8-21-15-19-13(9-4-6-10(17)7-5-9)12(18)14(24)22(15)16(20-21)26-2/h4-7H,3,8H2,1-2H3. The summed E-state index contributed by atoms with van der Waals surface area (Å²) >= 11 is 13.4. The third-order valence-corrected chi connectivity index (χ3v) is 4.75. The zero-order chi connectivity index (χ0) is 18.8. The van der Waals surface area contributed by atoms with Crippen LogP contribution in [0.2, 0.25) is 10.0 Å². The highest BCUT2D eigenvalue weighted by molar-refractivity contribution is 7.98. The van der Waals surface area contributed by atoms with Gasteiger partial charge in [0.05, 0.1) is 12.3 Å². The number of benzene rings is 1. The molecule has 26 heavy (non-hydrogen) atoms. The first-order valence-electron chi connectivity index (χ1n) is 7.60. The molecule has 2 heterocycles. The monoisotopic (exact) mass is 412 g/mol. The predicted molar refractivity (Wildman–Crippen MR) is 101 cm³/mol. The third-order valence-electron chi connectivity index (χ3n) is 3.52. The number of carbonyl (C=O) groups is 1. The van der Waals surface area contributed by atoms with Crippen LogP contribution in [-0.4, -0.2) is 38.0 Å². The maximum atomic E-state index is 12.8. The Morgan fingerprint density at radius 2 is 1.96 bits per heavy atom. The first kappa shape index (κ1) is 18.8. The van der Waals surface area contributed by atoms with E-state index in [1.807, 2.05) is 0 Å². The molecule has 0 N–H and O–H groups in total. The van der Waals surface area contributed by atoms with E-state index in [1.165, 1.54) is 20.8 Å². The zero-order valence-electron chi connectivity index (χ0n) is 13.9. The number of aromatic nitrogens is 4. The number of carbonyl (C=O) groups excluding carboxylic acids is 1. The van der Waals surface area contributed by atoms with Crippen molar-refractivity contribution in [2.24, 2.45) is 0 Å². The Labute approximate surface area is 162 Å². The highest BCUT2D eigenvalue weighted by atomic mass is 35.5. The molecule has 0 radical (unpaired) electrons. The Balaban J connectivity index is 2.23. The van der Waals surface area contributed by atoms with Crippen LogP contribution in [0.25, 0.3) is 17.0 Å². The Hall–Kier alpha value is -2.03. The minimum atomic E-state index is -0.470. The third kappa shape index (κ3) is 3.44. The van der Waals surface area contributed by atoms with Gasteiger partial charge >= 0.3 is 5.97 Å². The van der Waals surface area contributed by atoms with E-state index in [0.717, 1.165) is 0 Å². The number of esters is 1. The lowest BCUT2D eigenvalue weighted by molar-refractivity contribution is -0.143. The topological polar surface area (TPSA) is 78.5 Å². The second-order valence-electron chi connectivity index (χ2n) is 5.17. The Morgan fingerprint density at radius 3 is 2.58 bits per heavy atom. The fraction of sp³-hybridized carbons (Fsp3) is 0.250. The highest BCUT2D eigenvalue weighted by Crippen LogP contribution is 2.26. The van der Waals surface area contributed by atoms with Gasteiger partial charge in [-0.3, -0.25) is 9.59 Å². The van der Waals surface area contributed by atoms with Crippen molar-refractivity contribution in [2.45, 2.75) is 18.6 Å².